The van der Waals surface area contributed by atoms with Crippen LogP contribution < -0.4 is 10.2 Å². The molecule has 6 nitrogen and oxygen atoms in total. The van der Waals surface area contributed by atoms with Gasteiger partial charge in [0.1, 0.15) is 6.04 Å². The van der Waals surface area contributed by atoms with E-state index in [2.05, 4.69) is 52.5 Å². The standard InChI is InChI=1S/C22H26N4O2/c1-15-4-6-18(7-5-15)22-25-24-21(28-22)17(3)23-20-9-8-19(14-16(20)2)26-10-12-27-13-11-26/h4-9,14,17,23H,10-13H2,1-3H3/t17-/m0/s1. The number of benzene rings is 2. The molecule has 0 bridgehead atoms. The van der Waals surface area contributed by atoms with Gasteiger partial charge >= 0.3 is 0 Å². The van der Waals surface area contributed by atoms with Gasteiger partial charge in [-0.3, -0.25) is 0 Å². The Morgan fingerprint density at radius 1 is 1.00 bits per heavy atom. The van der Waals surface area contributed by atoms with Crippen LogP contribution in [-0.4, -0.2) is 36.5 Å². The zero-order valence-corrected chi connectivity index (χ0v) is 16.6. The summed E-state index contributed by atoms with van der Waals surface area (Å²) < 4.78 is 11.3. The summed E-state index contributed by atoms with van der Waals surface area (Å²) in [5, 5.41) is 11.9. The van der Waals surface area contributed by atoms with Gasteiger partial charge in [-0.1, -0.05) is 17.7 Å². The molecule has 0 unspecified atom stereocenters. The molecule has 0 spiro atoms. The molecule has 0 saturated carbocycles. The molecular formula is C22H26N4O2. The first-order valence-corrected chi connectivity index (χ1v) is 9.70. The fourth-order valence-electron chi connectivity index (χ4n) is 3.35. The van der Waals surface area contributed by atoms with Crippen molar-refractivity contribution in [1.82, 2.24) is 10.2 Å². The fourth-order valence-corrected chi connectivity index (χ4v) is 3.35. The van der Waals surface area contributed by atoms with Crippen molar-refractivity contribution < 1.29 is 9.15 Å². The van der Waals surface area contributed by atoms with Gasteiger partial charge in [0.05, 0.1) is 13.2 Å². The lowest BCUT2D eigenvalue weighted by Gasteiger charge is -2.29. The van der Waals surface area contributed by atoms with Crippen molar-refractivity contribution in [1.29, 1.82) is 0 Å². The topological polar surface area (TPSA) is 63.4 Å². The second-order valence-electron chi connectivity index (χ2n) is 7.28. The molecule has 0 radical (unpaired) electrons. The molecule has 3 aromatic rings. The summed E-state index contributed by atoms with van der Waals surface area (Å²) in [4.78, 5) is 2.36. The van der Waals surface area contributed by atoms with E-state index in [4.69, 9.17) is 9.15 Å². The lowest BCUT2D eigenvalue weighted by atomic mass is 10.1. The highest BCUT2D eigenvalue weighted by Crippen LogP contribution is 2.27. The Morgan fingerprint density at radius 3 is 2.46 bits per heavy atom. The van der Waals surface area contributed by atoms with Crippen LogP contribution in [0, 0.1) is 13.8 Å². The highest BCUT2D eigenvalue weighted by atomic mass is 16.5. The van der Waals surface area contributed by atoms with E-state index in [1.54, 1.807) is 0 Å². The van der Waals surface area contributed by atoms with Gasteiger partial charge in [0.2, 0.25) is 11.8 Å². The molecule has 6 heteroatoms. The van der Waals surface area contributed by atoms with Crippen LogP contribution in [0.4, 0.5) is 11.4 Å². The predicted octanol–water partition coefficient (Wildman–Crippen LogP) is 4.36. The number of hydrogen-bond donors (Lipinski definition) is 1. The fraction of sp³-hybridized carbons (Fsp3) is 0.364. The van der Waals surface area contributed by atoms with Crippen LogP contribution in [0.5, 0.6) is 0 Å². The molecule has 28 heavy (non-hydrogen) atoms. The summed E-state index contributed by atoms with van der Waals surface area (Å²) in [6.45, 7) is 9.65. The molecule has 0 amide bonds. The van der Waals surface area contributed by atoms with Gasteiger partial charge in [-0.2, -0.15) is 0 Å². The maximum absolute atomic E-state index is 5.90. The molecule has 1 aromatic heterocycles. The molecule has 1 N–H and O–H groups in total. The molecule has 0 aliphatic carbocycles. The molecule has 146 valence electrons. The molecule has 4 rings (SSSR count). The number of nitrogens with one attached hydrogen (secondary N) is 1. The average molecular weight is 378 g/mol. The minimum absolute atomic E-state index is 0.0837. The van der Waals surface area contributed by atoms with Crippen LogP contribution in [0.3, 0.4) is 0 Å². The van der Waals surface area contributed by atoms with E-state index in [0.29, 0.717) is 11.8 Å². The van der Waals surface area contributed by atoms with E-state index in [-0.39, 0.29) is 6.04 Å². The third kappa shape index (κ3) is 4.02. The van der Waals surface area contributed by atoms with E-state index in [9.17, 15) is 0 Å². The van der Waals surface area contributed by atoms with E-state index >= 15 is 0 Å². The molecule has 1 fully saturated rings. The zero-order chi connectivity index (χ0) is 19.5. The second-order valence-corrected chi connectivity index (χ2v) is 7.28. The lowest BCUT2D eigenvalue weighted by molar-refractivity contribution is 0.122. The summed E-state index contributed by atoms with van der Waals surface area (Å²) in [6.07, 6.45) is 0. The van der Waals surface area contributed by atoms with Gasteiger partial charge < -0.3 is 19.4 Å². The van der Waals surface area contributed by atoms with Gasteiger partial charge in [-0.05, 0) is 56.7 Å². The Kier molecular flexibility index (Phi) is 5.30. The molecule has 1 aliphatic rings. The number of ether oxygens (including phenoxy) is 1. The maximum atomic E-state index is 5.90. The maximum Gasteiger partial charge on any atom is 0.247 e. The molecule has 2 aromatic carbocycles. The first kappa shape index (κ1) is 18.5. The van der Waals surface area contributed by atoms with E-state index in [1.807, 2.05) is 31.2 Å². The van der Waals surface area contributed by atoms with E-state index in [1.165, 1.54) is 16.8 Å². The Balaban J connectivity index is 1.46. The first-order valence-electron chi connectivity index (χ1n) is 9.70. The molecule has 2 heterocycles. The SMILES string of the molecule is Cc1ccc(-c2nnc([C@H](C)Nc3ccc(N4CCOCC4)cc3C)o2)cc1. The van der Waals surface area contributed by atoms with Crippen molar-refractivity contribution in [2.75, 3.05) is 36.5 Å². The zero-order valence-electron chi connectivity index (χ0n) is 16.6. The summed E-state index contributed by atoms with van der Waals surface area (Å²) in [6, 6.07) is 14.5. The monoisotopic (exact) mass is 378 g/mol. The normalized spacial score (nSPS) is 15.5. The number of rotatable bonds is 5. The third-order valence-corrected chi connectivity index (χ3v) is 5.07. The van der Waals surface area contributed by atoms with Crippen molar-refractivity contribution in [3.05, 3.63) is 59.5 Å². The Morgan fingerprint density at radius 2 is 1.75 bits per heavy atom. The van der Waals surface area contributed by atoms with Crippen molar-refractivity contribution in [2.45, 2.75) is 26.8 Å². The van der Waals surface area contributed by atoms with Crippen molar-refractivity contribution >= 4 is 11.4 Å². The van der Waals surface area contributed by atoms with Gasteiger partial charge in [-0.15, -0.1) is 10.2 Å². The third-order valence-electron chi connectivity index (χ3n) is 5.07. The van der Waals surface area contributed by atoms with Gasteiger partial charge in [0, 0.05) is 30.0 Å². The second kappa shape index (κ2) is 8.02. The number of anilines is 2. The average Bonchev–Trinajstić information content (AvgIpc) is 3.21. The highest BCUT2D eigenvalue weighted by molar-refractivity contribution is 5.61. The molecule has 1 saturated heterocycles. The van der Waals surface area contributed by atoms with Crippen LogP contribution in [-0.2, 0) is 4.74 Å². The van der Waals surface area contributed by atoms with E-state index in [0.717, 1.165) is 37.6 Å². The van der Waals surface area contributed by atoms with Crippen LogP contribution in [0.2, 0.25) is 0 Å². The first-order chi connectivity index (χ1) is 13.6. The predicted molar refractivity (Wildman–Crippen MR) is 111 cm³/mol. The summed E-state index contributed by atoms with van der Waals surface area (Å²) >= 11 is 0. The van der Waals surface area contributed by atoms with Crippen molar-refractivity contribution in [3.8, 4) is 11.5 Å². The van der Waals surface area contributed by atoms with Crippen LogP contribution in [0.15, 0.2) is 46.9 Å². The minimum atomic E-state index is -0.0837. The van der Waals surface area contributed by atoms with Gasteiger partial charge in [0.25, 0.3) is 0 Å². The lowest BCUT2D eigenvalue weighted by Crippen LogP contribution is -2.36. The number of aryl methyl sites for hydroxylation is 2. The molecule has 1 atom stereocenters. The molecule has 1 aliphatic heterocycles. The number of aromatic nitrogens is 2. The number of nitrogens with zero attached hydrogens (tertiary/aromatic N) is 3. The summed E-state index contributed by atoms with van der Waals surface area (Å²) in [7, 11) is 0. The minimum Gasteiger partial charge on any atom is -0.418 e. The Hall–Kier alpha value is -2.86. The van der Waals surface area contributed by atoms with Gasteiger partial charge in [0.15, 0.2) is 0 Å². The molecular weight excluding hydrogens is 352 g/mol. The van der Waals surface area contributed by atoms with Gasteiger partial charge in [-0.25, -0.2) is 0 Å². The summed E-state index contributed by atoms with van der Waals surface area (Å²) in [5.74, 6) is 1.12. The number of morpholine rings is 1. The Labute approximate surface area is 165 Å². The van der Waals surface area contributed by atoms with Crippen LogP contribution in [0.1, 0.15) is 30.0 Å². The van der Waals surface area contributed by atoms with E-state index < -0.39 is 0 Å². The quantitative estimate of drug-likeness (QED) is 0.712. The van der Waals surface area contributed by atoms with Crippen LogP contribution in [0.25, 0.3) is 11.5 Å². The van der Waals surface area contributed by atoms with Crippen molar-refractivity contribution in [3.63, 3.8) is 0 Å². The largest absolute Gasteiger partial charge is 0.418 e. The highest BCUT2D eigenvalue weighted by Gasteiger charge is 2.17. The Bertz CT molecular complexity index is 930. The number of hydrogen-bond acceptors (Lipinski definition) is 6. The van der Waals surface area contributed by atoms with Crippen molar-refractivity contribution in [2.24, 2.45) is 0 Å². The summed E-state index contributed by atoms with van der Waals surface area (Å²) in [5.41, 5.74) is 5.63. The smallest absolute Gasteiger partial charge is 0.247 e. The van der Waals surface area contributed by atoms with Crippen LogP contribution >= 0.6 is 0 Å².